The van der Waals surface area contributed by atoms with E-state index in [9.17, 15) is 0 Å². The van der Waals surface area contributed by atoms with Crippen molar-refractivity contribution in [3.8, 4) is 0 Å². The number of ether oxygens (including phenoxy) is 1. The molecule has 0 radical (unpaired) electrons. The number of allylic oxidation sites excluding steroid dienone is 3. The first-order valence-electron chi connectivity index (χ1n) is 5.29. The summed E-state index contributed by atoms with van der Waals surface area (Å²) in [6.45, 7) is 6.65. The zero-order valence-corrected chi connectivity index (χ0v) is 9.22. The minimum Gasteiger partial charge on any atom is -0.516 e. The highest BCUT2D eigenvalue weighted by Crippen LogP contribution is 2.04. The summed E-state index contributed by atoms with van der Waals surface area (Å²) in [5, 5.41) is 8.50. The second-order valence-electron chi connectivity index (χ2n) is 3.45. The molecule has 3 nitrogen and oxygen atoms in total. The van der Waals surface area contributed by atoms with E-state index in [1.165, 1.54) is 5.57 Å². The molecular formula is C12H19NO2. The van der Waals surface area contributed by atoms with Gasteiger partial charge in [0.15, 0.2) is 0 Å². The van der Waals surface area contributed by atoms with E-state index < -0.39 is 0 Å². The fourth-order valence-electron chi connectivity index (χ4n) is 1.49. The van der Waals surface area contributed by atoms with Crippen molar-refractivity contribution in [3.63, 3.8) is 0 Å². The molecule has 0 spiro atoms. The largest absolute Gasteiger partial charge is 0.516 e. The molecule has 84 valence electrons. The van der Waals surface area contributed by atoms with E-state index in [2.05, 4.69) is 11.0 Å². The van der Waals surface area contributed by atoms with Crippen LogP contribution in [0.5, 0.6) is 0 Å². The van der Waals surface area contributed by atoms with Crippen molar-refractivity contribution >= 4 is 0 Å². The molecule has 15 heavy (non-hydrogen) atoms. The second-order valence-corrected chi connectivity index (χ2v) is 3.45. The zero-order valence-electron chi connectivity index (χ0n) is 9.22. The van der Waals surface area contributed by atoms with E-state index in [-0.39, 0.29) is 0 Å². The first-order valence-corrected chi connectivity index (χ1v) is 5.29. The molecule has 1 heterocycles. The molecule has 0 bridgehead atoms. The predicted molar refractivity (Wildman–Crippen MR) is 61.9 cm³/mol. The molecule has 0 unspecified atom stereocenters. The molecule has 0 aliphatic carbocycles. The maximum absolute atomic E-state index is 8.50. The lowest BCUT2D eigenvalue weighted by Gasteiger charge is -2.26. The first kappa shape index (κ1) is 12.0. The lowest BCUT2D eigenvalue weighted by atomic mass is 10.2. The summed E-state index contributed by atoms with van der Waals surface area (Å²) in [6.07, 6.45) is 8.61. The summed E-state index contributed by atoms with van der Waals surface area (Å²) in [6, 6.07) is 0. The van der Waals surface area contributed by atoms with Crippen LogP contribution in [0, 0.1) is 0 Å². The third-order valence-electron chi connectivity index (χ3n) is 2.39. The Morgan fingerprint density at radius 1 is 1.33 bits per heavy atom. The highest BCUT2D eigenvalue weighted by atomic mass is 16.5. The van der Waals surface area contributed by atoms with Crippen LogP contribution >= 0.6 is 0 Å². The average Bonchev–Trinajstić information content (AvgIpc) is 2.29. The molecule has 1 rings (SSSR count). The Kier molecular flexibility index (Phi) is 5.81. The van der Waals surface area contributed by atoms with Crippen molar-refractivity contribution in [2.75, 3.05) is 32.8 Å². The molecule has 1 saturated heterocycles. The molecule has 3 heteroatoms. The zero-order chi connectivity index (χ0) is 10.9. The number of nitrogens with zero attached hydrogens (tertiary/aromatic N) is 1. The van der Waals surface area contributed by atoms with Crippen LogP contribution in [-0.2, 0) is 4.74 Å². The van der Waals surface area contributed by atoms with Gasteiger partial charge in [-0.2, -0.15) is 0 Å². The predicted octanol–water partition coefficient (Wildman–Crippen LogP) is 1.89. The van der Waals surface area contributed by atoms with Crippen molar-refractivity contribution < 1.29 is 9.84 Å². The summed E-state index contributed by atoms with van der Waals surface area (Å²) in [4.78, 5) is 2.37. The smallest absolute Gasteiger partial charge is 0.0791 e. The molecule has 1 fully saturated rings. The van der Waals surface area contributed by atoms with Gasteiger partial charge in [0.1, 0.15) is 0 Å². The molecule has 0 aromatic heterocycles. The van der Waals surface area contributed by atoms with E-state index in [4.69, 9.17) is 9.84 Å². The van der Waals surface area contributed by atoms with Crippen LogP contribution in [0.15, 0.2) is 36.1 Å². The monoisotopic (exact) mass is 209 g/mol. The fraction of sp³-hybridized carbons (Fsp3) is 0.500. The van der Waals surface area contributed by atoms with Crippen LogP contribution in [0.4, 0.5) is 0 Å². The number of morpholine rings is 1. The Hall–Kier alpha value is -1.06. The third kappa shape index (κ3) is 4.81. The topological polar surface area (TPSA) is 32.7 Å². The van der Waals surface area contributed by atoms with Gasteiger partial charge in [0, 0.05) is 19.6 Å². The highest BCUT2D eigenvalue weighted by Gasteiger charge is 2.10. The van der Waals surface area contributed by atoms with Crippen LogP contribution in [0.25, 0.3) is 0 Å². The molecule has 0 atom stereocenters. The van der Waals surface area contributed by atoms with Gasteiger partial charge in [0.2, 0.25) is 0 Å². The minimum atomic E-state index is 0.831. The second kappa shape index (κ2) is 7.26. The Morgan fingerprint density at radius 3 is 2.67 bits per heavy atom. The number of rotatable bonds is 4. The number of hydrogen-bond acceptors (Lipinski definition) is 3. The molecule has 0 aromatic rings. The number of aliphatic hydroxyl groups is 1. The summed E-state index contributed by atoms with van der Waals surface area (Å²) in [5.74, 6) is 0. The standard InChI is InChI=1S/C12H19NO2/c1-2-12(5-3-4-8-14)11-13-6-9-15-10-7-13/h2-5,8,14H,6-7,9-11H2,1H3/b5-3-,8-4+,12-2+. The maximum Gasteiger partial charge on any atom is 0.0791 e. The quantitative estimate of drug-likeness (QED) is 0.567. The number of aliphatic hydroxyl groups excluding tert-OH is 1. The minimum absolute atomic E-state index is 0.831. The molecule has 1 aliphatic heterocycles. The SMILES string of the molecule is C\C=C(/C=C\C=C\O)CN1CCOCC1. The van der Waals surface area contributed by atoms with Gasteiger partial charge in [-0.05, 0) is 18.6 Å². The van der Waals surface area contributed by atoms with Gasteiger partial charge >= 0.3 is 0 Å². The molecule has 0 amide bonds. The molecule has 0 aromatic carbocycles. The number of hydrogen-bond donors (Lipinski definition) is 1. The van der Waals surface area contributed by atoms with Gasteiger partial charge in [-0.3, -0.25) is 4.90 Å². The normalized spacial score (nSPS) is 20.5. The van der Waals surface area contributed by atoms with Gasteiger partial charge in [-0.15, -0.1) is 0 Å². The average molecular weight is 209 g/mol. The van der Waals surface area contributed by atoms with E-state index in [1.807, 2.05) is 19.1 Å². The van der Waals surface area contributed by atoms with Gasteiger partial charge < -0.3 is 9.84 Å². The van der Waals surface area contributed by atoms with Crippen molar-refractivity contribution in [1.29, 1.82) is 0 Å². The summed E-state index contributed by atoms with van der Waals surface area (Å²) in [5.41, 5.74) is 1.26. The Labute approximate surface area is 91.3 Å². The van der Waals surface area contributed by atoms with Crippen molar-refractivity contribution in [1.82, 2.24) is 4.90 Å². The van der Waals surface area contributed by atoms with Gasteiger partial charge in [0.05, 0.1) is 19.5 Å². The molecular weight excluding hydrogens is 190 g/mol. The highest BCUT2D eigenvalue weighted by molar-refractivity contribution is 5.22. The van der Waals surface area contributed by atoms with Crippen LogP contribution in [0.2, 0.25) is 0 Å². The summed E-state index contributed by atoms with van der Waals surface area (Å²) in [7, 11) is 0. The van der Waals surface area contributed by atoms with Crippen molar-refractivity contribution in [2.24, 2.45) is 0 Å². The molecule has 1 aliphatic rings. The van der Waals surface area contributed by atoms with Crippen LogP contribution in [0.3, 0.4) is 0 Å². The van der Waals surface area contributed by atoms with Crippen LogP contribution in [-0.4, -0.2) is 42.9 Å². The lowest BCUT2D eigenvalue weighted by Crippen LogP contribution is -2.37. The van der Waals surface area contributed by atoms with Crippen LogP contribution < -0.4 is 0 Å². The van der Waals surface area contributed by atoms with Crippen molar-refractivity contribution in [2.45, 2.75) is 6.92 Å². The maximum atomic E-state index is 8.50. The van der Waals surface area contributed by atoms with Gasteiger partial charge in [-0.1, -0.05) is 18.2 Å². The van der Waals surface area contributed by atoms with Crippen LogP contribution in [0.1, 0.15) is 6.92 Å². The first-order chi connectivity index (χ1) is 7.36. The van der Waals surface area contributed by atoms with E-state index in [1.54, 1.807) is 6.08 Å². The van der Waals surface area contributed by atoms with Gasteiger partial charge in [0.25, 0.3) is 0 Å². The Bertz CT molecular complexity index is 250. The van der Waals surface area contributed by atoms with Gasteiger partial charge in [-0.25, -0.2) is 0 Å². The Balaban J connectivity index is 2.39. The fourth-order valence-corrected chi connectivity index (χ4v) is 1.49. The summed E-state index contributed by atoms with van der Waals surface area (Å²) >= 11 is 0. The van der Waals surface area contributed by atoms with E-state index in [0.717, 1.165) is 39.1 Å². The summed E-state index contributed by atoms with van der Waals surface area (Å²) < 4.78 is 5.29. The molecule has 0 saturated carbocycles. The molecule has 1 N–H and O–H groups in total. The van der Waals surface area contributed by atoms with Crippen molar-refractivity contribution in [3.05, 3.63) is 36.1 Å². The van der Waals surface area contributed by atoms with E-state index in [0.29, 0.717) is 0 Å². The third-order valence-corrected chi connectivity index (χ3v) is 2.39. The Morgan fingerprint density at radius 2 is 2.07 bits per heavy atom. The van der Waals surface area contributed by atoms with E-state index >= 15 is 0 Å². The lowest BCUT2D eigenvalue weighted by molar-refractivity contribution is 0.0426.